The minimum absolute atomic E-state index is 0.160. The lowest BCUT2D eigenvalue weighted by molar-refractivity contribution is -0.125. The van der Waals surface area contributed by atoms with Crippen molar-refractivity contribution < 1.29 is 14.4 Å². The molecule has 0 unspecified atom stereocenters. The third-order valence-corrected chi connectivity index (χ3v) is 5.67. The van der Waals surface area contributed by atoms with Gasteiger partial charge in [-0.25, -0.2) is 0 Å². The lowest BCUT2D eigenvalue weighted by Gasteiger charge is -2.13. The number of carbonyl (C=O) groups excluding carboxylic acids is 3. The molecule has 5 nitrogen and oxygen atoms in total. The van der Waals surface area contributed by atoms with Gasteiger partial charge in [-0.1, -0.05) is 30.0 Å². The highest BCUT2D eigenvalue weighted by Gasteiger charge is 2.29. The first-order chi connectivity index (χ1) is 12.5. The molecule has 1 aliphatic heterocycles. The van der Waals surface area contributed by atoms with Crippen LogP contribution in [-0.2, 0) is 11.3 Å². The van der Waals surface area contributed by atoms with E-state index in [0.29, 0.717) is 11.3 Å². The van der Waals surface area contributed by atoms with Crippen LogP contribution in [0.2, 0.25) is 0 Å². The lowest BCUT2D eigenvalue weighted by atomic mass is 10.1. The molecule has 7 heteroatoms. The molecule has 0 radical (unpaired) electrons. The van der Waals surface area contributed by atoms with E-state index in [0.717, 1.165) is 27.8 Å². The average molecular weight is 386 g/mol. The second-order valence-electron chi connectivity index (χ2n) is 5.87. The summed E-state index contributed by atoms with van der Waals surface area (Å²) in [5, 5.41) is 2.68. The number of hydrogen-bond donors (Lipinski definition) is 1. The van der Waals surface area contributed by atoms with Crippen molar-refractivity contribution in [2.75, 3.05) is 17.3 Å². The van der Waals surface area contributed by atoms with Crippen LogP contribution in [0.4, 0.5) is 10.5 Å². The summed E-state index contributed by atoms with van der Waals surface area (Å²) < 4.78 is 0. The molecule has 3 amide bonds. The minimum Gasteiger partial charge on any atom is -0.322 e. The Hall–Kier alpha value is -2.25. The van der Waals surface area contributed by atoms with Crippen LogP contribution in [0.3, 0.4) is 0 Å². The topological polar surface area (TPSA) is 66.5 Å². The summed E-state index contributed by atoms with van der Waals surface area (Å²) in [6.07, 6.45) is 1.97. The van der Waals surface area contributed by atoms with E-state index in [4.69, 9.17) is 0 Å². The van der Waals surface area contributed by atoms with Crippen LogP contribution >= 0.6 is 23.5 Å². The number of anilines is 1. The normalized spacial score (nSPS) is 14.0. The SMILES string of the molecule is CSc1ccc(C)c(C(=O)Nc2ccc(CN3C(=O)CSC3=O)cc2)c1. The number of nitrogens with zero attached hydrogens (tertiary/aromatic N) is 1. The van der Waals surface area contributed by atoms with Crippen molar-refractivity contribution in [2.24, 2.45) is 0 Å². The molecule has 0 saturated carbocycles. The lowest BCUT2D eigenvalue weighted by Crippen LogP contribution is -2.27. The van der Waals surface area contributed by atoms with Crippen molar-refractivity contribution >= 4 is 46.3 Å². The van der Waals surface area contributed by atoms with Crippen molar-refractivity contribution in [3.8, 4) is 0 Å². The Morgan fingerprint density at radius 1 is 1.19 bits per heavy atom. The summed E-state index contributed by atoms with van der Waals surface area (Å²) in [6.45, 7) is 2.16. The first-order valence-corrected chi connectivity index (χ1v) is 10.2. The van der Waals surface area contributed by atoms with Gasteiger partial charge >= 0.3 is 0 Å². The van der Waals surface area contributed by atoms with Crippen LogP contribution in [0.25, 0.3) is 0 Å². The monoisotopic (exact) mass is 386 g/mol. The number of imide groups is 1. The largest absolute Gasteiger partial charge is 0.322 e. The predicted molar refractivity (Wildman–Crippen MR) is 106 cm³/mol. The van der Waals surface area contributed by atoms with Crippen molar-refractivity contribution in [2.45, 2.75) is 18.4 Å². The summed E-state index contributed by atoms with van der Waals surface area (Å²) in [4.78, 5) is 38.1. The molecule has 134 valence electrons. The van der Waals surface area contributed by atoms with Crippen molar-refractivity contribution in [1.29, 1.82) is 0 Å². The average Bonchev–Trinajstić information content (AvgIpc) is 2.95. The summed E-state index contributed by atoms with van der Waals surface area (Å²) in [6, 6.07) is 13.0. The van der Waals surface area contributed by atoms with Gasteiger partial charge in [0.1, 0.15) is 0 Å². The Balaban J connectivity index is 1.68. The predicted octanol–water partition coefficient (Wildman–Crippen LogP) is 4.16. The zero-order valence-corrected chi connectivity index (χ0v) is 16.1. The van der Waals surface area contributed by atoms with E-state index in [2.05, 4.69) is 5.32 Å². The molecular weight excluding hydrogens is 368 g/mol. The zero-order valence-electron chi connectivity index (χ0n) is 14.4. The maximum absolute atomic E-state index is 12.5. The van der Waals surface area contributed by atoms with Crippen LogP contribution in [0.1, 0.15) is 21.5 Å². The second kappa shape index (κ2) is 7.97. The van der Waals surface area contributed by atoms with E-state index in [1.807, 2.05) is 43.5 Å². The van der Waals surface area contributed by atoms with Gasteiger partial charge in [0.15, 0.2) is 0 Å². The van der Waals surface area contributed by atoms with E-state index < -0.39 is 0 Å². The van der Waals surface area contributed by atoms with Crippen LogP contribution in [-0.4, -0.2) is 34.0 Å². The minimum atomic E-state index is -0.212. The molecule has 0 bridgehead atoms. The number of thioether (sulfide) groups is 2. The number of carbonyl (C=O) groups is 3. The molecule has 1 aliphatic rings. The Kier molecular flexibility index (Phi) is 5.68. The quantitative estimate of drug-likeness (QED) is 0.782. The molecule has 26 heavy (non-hydrogen) atoms. The highest BCUT2D eigenvalue weighted by Crippen LogP contribution is 2.23. The number of aryl methyl sites for hydroxylation is 1. The third kappa shape index (κ3) is 4.11. The molecule has 0 aliphatic carbocycles. The molecular formula is C19H18N2O3S2. The summed E-state index contributed by atoms with van der Waals surface area (Å²) in [7, 11) is 0. The first kappa shape index (κ1) is 18.5. The van der Waals surface area contributed by atoms with Crippen molar-refractivity contribution in [3.05, 3.63) is 59.2 Å². The zero-order chi connectivity index (χ0) is 18.7. The van der Waals surface area contributed by atoms with Gasteiger partial charge in [0.2, 0.25) is 5.91 Å². The number of rotatable bonds is 5. The number of hydrogen-bond acceptors (Lipinski definition) is 5. The van der Waals surface area contributed by atoms with Gasteiger partial charge in [-0.05, 0) is 48.6 Å². The molecule has 1 fully saturated rings. The van der Waals surface area contributed by atoms with Crippen LogP contribution in [0, 0.1) is 6.92 Å². The van der Waals surface area contributed by atoms with Crippen LogP contribution < -0.4 is 5.32 Å². The molecule has 1 heterocycles. The summed E-state index contributed by atoms with van der Waals surface area (Å²) >= 11 is 2.62. The maximum Gasteiger partial charge on any atom is 0.289 e. The fraction of sp³-hybridized carbons (Fsp3) is 0.211. The Bertz CT molecular complexity index is 850. The van der Waals surface area contributed by atoms with Crippen LogP contribution in [0.5, 0.6) is 0 Å². The fourth-order valence-electron chi connectivity index (χ4n) is 2.58. The van der Waals surface area contributed by atoms with E-state index >= 15 is 0 Å². The molecule has 0 spiro atoms. The van der Waals surface area contributed by atoms with Gasteiger partial charge in [0.05, 0.1) is 12.3 Å². The Morgan fingerprint density at radius 3 is 2.54 bits per heavy atom. The molecule has 1 N–H and O–H groups in total. The molecule has 0 aromatic heterocycles. The smallest absolute Gasteiger partial charge is 0.289 e. The maximum atomic E-state index is 12.5. The van der Waals surface area contributed by atoms with Crippen molar-refractivity contribution in [3.63, 3.8) is 0 Å². The van der Waals surface area contributed by atoms with Gasteiger partial charge in [0.25, 0.3) is 11.1 Å². The van der Waals surface area contributed by atoms with Gasteiger partial charge in [0, 0.05) is 16.1 Å². The van der Waals surface area contributed by atoms with Gasteiger partial charge < -0.3 is 5.32 Å². The van der Waals surface area contributed by atoms with E-state index in [1.165, 1.54) is 4.90 Å². The van der Waals surface area contributed by atoms with E-state index in [9.17, 15) is 14.4 Å². The summed E-state index contributed by atoms with van der Waals surface area (Å²) in [5.41, 5.74) is 3.07. The summed E-state index contributed by atoms with van der Waals surface area (Å²) in [5.74, 6) is -0.115. The molecule has 0 atom stereocenters. The fourth-order valence-corrected chi connectivity index (χ4v) is 3.75. The van der Waals surface area contributed by atoms with Crippen molar-refractivity contribution in [1.82, 2.24) is 4.90 Å². The van der Waals surface area contributed by atoms with Gasteiger partial charge in [-0.3, -0.25) is 19.3 Å². The van der Waals surface area contributed by atoms with Crippen LogP contribution in [0.15, 0.2) is 47.4 Å². The van der Waals surface area contributed by atoms with E-state index in [-0.39, 0.29) is 29.4 Å². The van der Waals surface area contributed by atoms with E-state index in [1.54, 1.807) is 23.9 Å². The third-order valence-electron chi connectivity index (χ3n) is 4.08. The highest BCUT2D eigenvalue weighted by molar-refractivity contribution is 8.14. The Labute approximate surface area is 160 Å². The number of nitrogens with one attached hydrogen (secondary N) is 1. The first-order valence-electron chi connectivity index (χ1n) is 8.00. The standard InChI is InChI=1S/C19H18N2O3S2/c1-12-3-8-15(25-2)9-16(12)18(23)20-14-6-4-13(5-7-14)10-21-17(22)11-26-19(21)24/h3-9H,10-11H2,1-2H3,(H,20,23). The molecule has 2 aromatic carbocycles. The number of benzene rings is 2. The molecule has 2 aromatic rings. The number of amides is 3. The molecule has 3 rings (SSSR count). The van der Waals surface area contributed by atoms with Gasteiger partial charge in [-0.2, -0.15) is 0 Å². The molecule has 1 saturated heterocycles. The Morgan fingerprint density at radius 2 is 1.92 bits per heavy atom. The second-order valence-corrected chi connectivity index (χ2v) is 7.67. The van der Waals surface area contributed by atoms with Gasteiger partial charge in [-0.15, -0.1) is 11.8 Å². The highest BCUT2D eigenvalue weighted by atomic mass is 32.2.